The molecule has 124 valence electrons. The van der Waals surface area contributed by atoms with Gasteiger partial charge >= 0.3 is 0 Å². The molecule has 0 N–H and O–H groups in total. The van der Waals surface area contributed by atoms with Gasteiger partial charge in [0.2, 0.25) is 5.82 Å². The van der Waals surface area contributed by atoms with Crippen LogP contribution in [0.25, 0.3) is 34.6 Å². The Morgan fingerprint density at radius 3 is 2.64 bits per heavy atom. The quantitative estimate of drug-likeness (QED) is 0.552. The van der Waals surface area contributed by atoms with Crippen LogP contribution >= 0.6 is 0 Å². The van der Waals surface area contributed by atoms with Gasteiger partial charge in [-0.25, -0.2) is 4.98 Å². The normalized spacial score (nSPS) is 11.4. The molecule has 0 radical (unpaired) electrons. The van der Waals surface area contributed by atoms with Gasteiger partial charge in [0.25, 0.3) is 5.89 Å². The van der Waals surface area contributed by atoms with Gasteiger partial charge in [-0.3, -0.25) is 0 Å². The lowest BCUT2D eigenvalue weighted by molar-refractivity contribution is 0.411. The van der Waals surface area contributed by atoms with Gasteiger partial charge in [-0.15, -0.1) is 0 Å². The van der Waals surface area contributed by atoms with Gasteiger partial charge in [-0.1, -0.05) is 17.3 Å². The van der Waals surface area contributed by atoms with Crippen molar-refractivity contribution in [3.63, 3.8) is 0 Å². The summed E-state index contributed by atoms with van der Waals surface area (Å²) in [5.41, 5.74) is 3.35. The SMILES string of the molecule is COc1ccc(/C=C/c2nc(-c3ccc4oc(C)nc4c3)no2)cc1. The summed E-state index contributed by atoms with van der Waals surface area (Å²) in [6.07, 6.45) is 3.68. The van der Waals surface area contributed by atoms with Crippen LogP contribution < -0.4 is 4.74 Å². The molecule has 25 heavy (non-hydrogen) atoms. The van der Waals surface area contributed by atoms with Crippen LogP contribution in [0, 0.1) is 6.92 Å². The van der Waals surface area contributed by atoms with Crippen LogP contribution in [0.15, 0.2) is 51.4 Å². The van der Waals surface area contributed by atoms with E-state index in [1.54, 1.807) is 13.2 Å². The number of methoxy groups -OCH3 is 1. The molecule has 0 fully saturated rings. The van der Waals surface area contributed by atoms with Crippen LogP contribution in [0.4, 0.5) is 0 Å². The zero-order chi connectivity index (χ0) is 17.2. The number of hydrogen-bond acceptors (Lipinski definition) is 6. The zero-order valence-corrected chi connectivity index (χ0v) is 13.8. The van der Waals surface area contributed by atoms with E-state index < -0.39 is 0 Å². The molecule has 0 spiro atoms. The third kappa shape index (κ3) is 3.14. The van der Waals surface area contributed by atoms with Crippen LogP contribution in [0.1, 0.15) is 17.3 Å². The van der Waals surface area contributed by atoms with Crippen LogP contribution in [0.5, 0.6) is 5.75 Å². The number of ether oxygens (including phenoxy) is 1. The predicted octanol–water partition coefficient (Wildman–Crippen LogP) is 4.37. The average molecular weight is 333 g/mol. The fraction of sp³-hybridized carbons (Fsp3) is 0.105. The van der Waals surface area contributed by atoms with Gasteiger partial charge in [-0.05, 0) is 42.0 Å². The Morgan fingerprint density at radius 1 is 1.00 bits per heavy atom. The average Bonchev–Trinajstić information content (AvgIpc) is 3.25. The first-order valence-electron chi connectivity index (χ1n) is 7.75. The summed E-state index contributed by atoms with van der Waals surface area (Å²) in [6.45, 7) is 1.82. The molecular weight excluding hydrogens is 318 g/mol. The minimum absolute atomic E-state index is 0.433. The number of oxazole rings is 1. The lowest BCUT2D eigenvalue weighted by Crippen LogP contribution is -1.82. The van der Waals surface area contributed by atoms with Crippen molar-refractivity contribution < 1.29 is 13.7 Å². The molecule has 0 aliphatic heterocycles. The van der Waals surface area contributed by atoms with E-state index in [-0.39, 0.29) is 0 Å². The summed E-state index contributed by atoms with van der Waals surface area (Å²) < 4.78 is 15.9. The minimum atomic E-state index is 0.433. The number of benzene rings is 2. The second-order valence-corrected chi connectivity index (χ2v) is 5.48. The predicted molar refractivity (Wildman–Crippen MR) is 94.0 cm³/mol. The molecule has 0 amide bonds. The molecule has 6 heteroatoms. The molecule has 6 nitrogen and oxygen atoms in total. The Bertz CT molecular complexity index is 1050. The molecular formula is C19H15N3O3. The van der Waals surface area contributed by atoms with Gasteiger partial charge < -0.3 is 13.7 Å². The van der Waals surface area contributed by atoms with Crippen LogP contribution in [0.2, 0.25) is 0 Å². The van der Waals surface area contributed by atoms with E-state index in [0.29, 0.717) is 17.6 Å². The summed E-state index contributed by atoms with van der Waals surface area (Å²) in [6, 6.07) is 13.3. The maximum atomic E-state index is 5.47. The highest BCUT2D eigenvalue weighted by Gasteiger charge is 2.10. The smallest absolute Gasteiger partial charge is 0.250 e. The molecule has 0 bridgehead atoms. The first kappa shape index (κ1) is 15.1. The van der Waals surface area contributed by atoms with E-state index in [0.717, 1.165) is 28.0 Å². The molecule has 2 heterocycles. The topological polar surface area (TPSA) is 74.2 Å². The highest BCUT2D eigenvalue weighted by atomic mass is 16.5. The van der Waals surface area contributed by atoms with Crippen molar-refractivity contribution >= 4 is 23.3 Å². The number of fused-ring (bicyclic) bond motifs is 1. The third-order valence-electron chi connectivity index (χ3n) is 3.73. The number of rotatable bonds is 4. The number of aromatic nitrogens is 3. The lowest BCUT2D eigenvalue weighted by atomic mass is 10.2. The lowest BCUT2D eigenvalue weighted by Gasteiger charge is -1.98. The molecule has 2 aromatic heterocycles. The molecule has 0 atom stereocenters. The van der Waals surface area contributed by atoms with Crippen LogP contribution in [-0.4, -0.2) is 22.2 Å². The van der Waals surface area contributed by atoms with Crippen LogP contribution in [-0.2, 0) is 0 Å². The van der Waals surface area contributed by atoms with Gasteiger partial charge in [0.05, 0.1) is 7.11 Å². The first-order chi connectivity index (χ1) is 12.2. The fourth-order valence-corrected chi connectivity index (χ4v) is 2.48. The molecule has 2 aromatic carbocycles. The zero-order valence-electron chi connectivity index (χ0n) is 13.8. The number of aryl methyl sites for hydroxylation is 1. The Kier molecular flexibility index (Phi) is 3.78. The fourth-order valence-electron chi connectivity index (χ4n) is 2.48. The highest BCUT2D eigenvalue weighted by molar-refractivity contribution is 5.78. The Hall–Kier alpha value is -3.41. The van der Waals surface area contributed by atoms with E-state index in [1.165, 1.54) is 0 Å². The van der Waals surface area contributed by atoms with Crippen molar-refractivity contribution in [1.82, 2.24) is 15.1 Å². The van der Waals surface area contributed by atoms with Gasteiger partial charge in [0, 0.05) is 18.6 Å². The van der Waals surface area contributed by atoms with E-state index in [1.807, 2.05) is 55.5 Å². The second kappa shape index (κ2) is 6.24. The first-order valence-corrected chi connectivity index (χ1v) is 7.75. The number of hydrogen-bond donors (Lipinski definition) is 0. The minimum Gasteiger partial charge on any atom is -0.497 e. The summed E-state index contributed by atoms with van der Waals surface area (Å²) in [4.78, 5) is 8.71. The van der Waals surface area contributed by atoms with E-state index in [9.17, 15) is 0 Å². The van der Waals surface area contributed by atoms with Crippen molar-refractivity contribution in [2.24, 2.45) is 0 Å². The molecule has 0 saturated carbocycles. The molecule has 4 rings (SSSR count). The monoisotopic (exact) mass is 333 g/mol. The summed E-state index contributed by atoms with van der Waals surface area (Å²) >= 11 is 0. The molecule has 0 aliphatic carbocycles. The van der Waals surface area contributed by atoms with Crippen molar-refractivity contribution in [2.75, 3.05) is 7.11 Å². The van der Waals surface area contributed by atoms with Gasteiger partial charge in [0.1, 0.15) is 11.3 Å². The molecule has 4 aromatic rings. The Morgan fingerprint density at radius 2 is 1.84 bits per heavy atom. The second-order valence-electron chi connectivity index (χ2n) is 5.48. The van der Waals surface area contributed by atoms with Crippen molar-refractivity contribution in [2.45, 2.75) is 6.92 Å². The van der Waals surface area contributed by atoms with Gasteiger partial charge in [0.15, 0.2) is 11.5 Å². The number of nitrogens with zero attached hydrogens (tertiary/aromatic N) is 3. The largest absolute Gasteiger partial charge is 0.497 e. The Labute approximate surface area is 143 Å². The molecule has 0 aliphatic rings. The standard InChI is InChI=1S/C19H15N3O3/c1-12-20-16-11-14(6-9-17(16)24-12)19-21-18(25-22-19)10-5-13-3-7-15(23-2)8-4-13/h3-11H,1-2H3/b10-5+. The van der Waals surface area contributed by atoms with Crippen LogP contribution in [0.3, 0.4) is 0 Å². The summed E-state index contributed by atoms with van der Waals surface area (Å²) in [5, 5.41) is 4.02. The highest BCUT2D eigenvalue weighted by Crippen LogP contribution is 2.23. The Balaban J connectivity index is 1.56. The maximum absolute atomic E-state index is 5.47. The molecule has 0 saturated heterocycles. The summed E-state index contributed by atoms with van der Waals surface area (Å²) in [5.74, 6) is 2.39. The van der Waals surface area contributed by atoms with Crippen molar-refractivity contribution in [3.05, 3.63) is 59.8 Å². The van der Waals surface area contributed by atoms with E-state index in [2.05, 4.69) is 15.1 Å². The van der Waals surface area contributed by atoms with E-state index in [4.69, 9.17) is 13.7 Å². The summed E-state index contributed by atoms with van der Waals surface area (Å²) in [7, 11) is 1.64. The van der Waals surface area contributed by atoms with Gasteiger partial charge in [-0.2, -0.15) is 4.98 Å². The van der Waals surface area contributed by atoms with Crippen molar-refractivity contribution in [1.29, 1.82) is 0 Å². The third-order valence-corrected chi connectivity index (χ3v) is 3.73. The maximum Gasteiger partial charge on any atom is 0.250 e. The van der Waals surface area contributed by atoms with E-state index >= 15 is 0 Å². The van der Waals surface area contributed by atoms with Crippen molar-refractivity contribution in [3.8, 4) is 17.1 Å². The molecule has 0 unspecified atom stereocenters.